The maximum Gasteiger partial charge on any atom is 0.332 e. The molecule has 22 heavy (non-hydrogen) atoms. The second kappa shape index (κ2) is 5.40. The summed E-state index contributed by atoms with van der Waals surface area (Å²) in [7, 11) is 1.26. The van der Waals surface area contributed by atoms with E-state index in [4.69, 9.17) is 4.74 Å². The van der Waals surface area contributed by atoms with Crippen molar-refractivity contribution in [1.29, 1.82) is 0 Å². The minimum absolute atomic E-state index is 0.300. The molecule has 7 heteroatoms. The minimum atomic E-state index is -0.834. The Morgan fingerprint density at radius 1 is 1.27 bits per heavy atom. The predicted octanol–water partition coefficient (Wildman–Crippen LogP) is 1.55. The highest BCUT2D eigenvalue weighted by Gasteiger charge is 2.53. The molecule has 1 aromatic rings. The lowest BCUT2D eigenvalue weighted by molar-refractivity contribution is -0.150. The number of carbonyl (C=O) groups excluding carboxylic acids is 3. The number of rotatable bonds is 2. The van der Waals surface area contributed by atoms with Crippen LogP contribution in [0.3, 0.4) is 0 Å². The van der Waals surface area contributed by atoms with Crippen molar-refractivity contribution in [2.45, 2.75) is 18.9 Å². The van der Waals surface area contributed by atoms with Crippen molar-refractivity contribution in [3.63, 3.8) is 0 Å². The Bertz CT molecular complexity index is 631. The Balaban J connectivity index is 1.95. The Morgan fingerprint density at radius 2 is 1.95 bits per heavy atom. The van der Waals surface area contributed by atoms with Crippen molar-refractivity contribution in [3.8, 4) is 0 Å². The first-order chi connectivity index (χ1) is 10.5. The van der Waals surface area contributed by atoms with E-state index >= 15 is 0 Å². The van der Waals surface area contributed by atoms with Gasteiger partial charge in [0.2, 0.25) is 0 Å². The first kappa shape index (κ1) is 14.5. The van der Waals surface area contributed by atoms with Gasteiger partial charge in [0.25, 0.3) is 5.91 Å². The number of imide groups is 1. The summed E-state index contributed by atoms with van der Waals surface area (Å²) < 4.78 is 17.8. The molecular weight excluding hydrogens is 291 g/mol. The van der Waals surface area contributed by atoms with Crippen molar-refractivity contribution >= 4 is 23.6 Å². The van der Waals surface area contributed by atoms with Gasteiger partial charge in [-0.15, -0.1) is 0 Å². The predicted molar refractivity (Wildman–Crippen MR) is 74.5 cm³/mol. The fourth-order valence-electron chi connectivity index (χ4n) is 3.10. The standard InChI is InChI=1S/C15H15FN2O4/c1-22-14(20)11-3-2-8-17-12(11)13(19)18(15(17)21)10-6-4-9(16)5-7-10/h4-7,11-12H,2-3,8H2,1H3/t11-,12+/m0/s1. The number of methoxy groups -OCH3 is 1. The third-order valence-corrected chi connectivity index (χ3v) is 4.13. The van der Waals surface area contributed by atoms with Gasteiger partial charge in [0.05, 0.1) is 18.7 Å². The van der Waals surface area contributed by atoms with E-state index in [1.165, 1.54) is 36.3 Å². The molecule has 2 atom stereocenters. The van der Waals surface area contributed by atoms with Crippen LogP contribution in [0.25, 0.3) is 0 Å². The molecule has 2 saturated heterocycles. The number of amides is 3. The topological polar surface area (TPSA) is 66.9 Å². The normalized spacial score (nSPS) is 24.5. The Kier molecular flexibility index (Phi) is 3.56. The van der Waals surface area contributed by atoms with Gasteiger partial charge in [0.15, 0.2) is 0 Å². The number of esters is 1. The number of urea groups is 1. The molecular formula is C15H15FN2O4. The van der Waals surface area contributed by atoms with Crippen molar-refractivity contribution in [2.24, 2.45) is 5.92 Å². The summed E-state index contributed by atoms with van der Waals surface area (Å²) >= 11 is 0. The third-order valence-electron chi connectivity index (χ3n) is 4.13. The molecule has 6 nitrogen and oxygen atoms in total. The molecule has 3 amide bonds. The average molecular weight is 306 g/mol. The van der Waals surface area contributed by atoms with Crippen molar-refractivity contribution < 1.29 is 23.5 Å². The highest BCUT2D eigenvalue weighted by atomic mass is 19.1. The van der Waals surface area contributed by atoms with Crippen LogP contribution in [0.1, 0.15) is 12.8 Å². The van der Waals surface area contributed by atoms with E-state index in [2.05, 4.69) is 0 Å². The van der Waals surface area contributed by atoms with Gasteiger partial charge < -0.3 is 9.64 Å². The fourth-order valence-corrected chi connectivity index (χ4v) is 3.10. The van der Waals surface area contributed by atoms with E-state index < -0.39 is 35.7 Å². The molecule has 1 aromatic carbocycles. The largest absolute Gasteiger partial charge is 0.469 e. The average Bonchev–Trinajstić information content (AvgIpc) is 2.79. The van der Waals surface area contributed by atoms with Crippen LogP contribution in [0, 0.1) is 11.7 Å². The van der Waals surface area contributed by atoms with Crippen LogP contribution in [0.2, 0.25) is 0 Å². The number of halogens is 1. The van der Waals surface area contributed by atoms with E-state index in [-0.39, 0.29) is 0 Å². The molecule has 2 heterocycles. The number of fused-ring (bicyclic) bond motifs is 1. The summed E-state index contributed by atoms with van der Waals surface area (Å²) in [6.45, 7) is 0.417. The number of carbonyl (C=O) groups is 3. The van der Waals surface area contributed by atoms with Crippen LogP contribution < -0.4 is 4.90 Å². The van der Waals surface area contributed by atoms with Crippen LogP contribution in [0.5, 0.6) is 0 Å². The number of piperidine rings is 1. The van der Waals surface area contributed by atoms with Crippen LogP contribution in [-0.4, -0.2) is 42.5 Å². The van der Waals surface area contributed by atoms with E-state index in [1.54, 1.807) is 0 Å². The van der Waals surface area contributed by atoms with Gasteiger partial charge in [-0.05, 0) is 37.1 Å². The van der Waals surface area contributed by atoms with E-state index in [1.807, 2.05) is 0 Å². The summed E-state index contributed by atoms with van der Waals surface area (Å²) in [4.78, 5) is 39.4. The summed E-state index contributed by atoms with van der Waals surface area (Å²) in [5, 5.41) is 0. The summed E-state index contributed by atoms with van der Waals surface area (Å²) in [6, 6.07) is 3.80. The van der Waals surface area contributed by atoms with Crippen molar-refractivity contribution in [1.82, 2.24) is 4.90 Å². The van der Waals surface area contributed by atoms with E-state index in [9.17, 15) is 18.8 Å². The first-order valence-corrected chi connectivity index (χ1v) is 7.02. The highest BCUT2D eigenvalue weighted by molar-refractivity contribution is 6.22. The molecule has 2 aliphatic heterocycles. The number of hydrogen-bond acceptors (Lipinski definition) is 4. The summed E-state index contributed by atoms with van der Waals surface area (Å²) in [5.41, 5.74) is 0.300. The lowest BCUT2D eigenvalue weighted by atomic mass is 9.89. The first-order valence-electron chi connectivity index (χ1n) is 7.02. The van der Waals surface area contributed by atoms with Crippen LogP contribution in [0.4, 0.5) is 14.9 Å². The lowest BCUT2D eigenvalue weighted by Gasteiger charge is -2.31. The van der Waals surface area contributed by atoms with E-state index in [0.29, 0.717) is 25.1 Å². The van der Waals surface area contributed by atoms with Gasteiger partial charge in [-0.2, -0.15) is 0 Å². The number of benzene rings is 1. The van der Waals surface area contributed by atoms with Gasteiger partial charge in [-0.1, -0.05) is 0 Å². The van der Waals surface area contributed by atoms with Crippen LogP contribution >= 0.6 is 0 Å². The maximum absolute atomic E-state index is 13.0. The molecule has 0 spiro atoms. The zero-order valence-corrected chi connectivity index (χ0v) is 12.0. The molecule has 0 aliphatic carbocycles. The maximum atomic E-state index is 13.0. The summed E-state index contributed by atoms with van der Waals surface area (Å²) in [6.07, 6.45) is 1.14. The monoisotopic (exact) mass is 306 g/mol. The quantitative estimate of drug-likeness (QED) is 0.614. The Morgan fingerprint density at radius 3 is 2.59 bits per heavy atom. The SMILES string of the molecule is COC(=O)[C@H]1CCCN2C(=O)N(c3ccc(F)cc3)C(=O)[C@@H]12. The Labute approximate surface area is 126 Å². The van der Waals surface area contributed by atoms with Crippen molar-refractivity contribution in [2.75, 3.05) is 18.6 Å². The minimum Gasteiger partial charge on any atom is -0.469 e. The fraction of sp³-hybridized carbons (Fsp3) is 0.400. The molecule has 3 rings (SSSR count). The second-order valence-electron chi connectivity index (χ2n) is 5.34. The van der Waals surface area contributed by atoms with Gasteiger partial charge in [0, 0.05) is 6.54 Å². The van der Waals surface area contributed by atoms with Gasteiger partial charge in [0.1, 0.15) is 11.9 Å². The van der Waals surface area contributed by atoms with Crippen molar-refractivity contribution in [3.05, 3.63) is 30.1 Å². The molecule has 116 valence electrons. The number of ether oxygens (including phenoxy) is 1. The molecule has 0 unspecified atom stereocenters. The summed E-state index contributed by atoms with van der Waals surface area (Å²) in [5.74, 6) is -2.06. The van der Waals surface area contributed by atoms with Crippen LogP contribution in [-0.2, 0) is 14.3 Å². The second-order valence-corrected chi connectivity index (χ2v) is 5.34. The number of anilines is 1. The molecule has 2 fully saturated rings. The molecule has 0 aromatic heterocycles. The smallest absolute Gasteiger partial charge is 0.332 e. The van der Waals surface area contributed by atoms with E-state index in [0.717, 1.165) is 4.90 Å². The lowest BCUT2D eigenvalue weighted by Crippen LogP contribution is -2.48. The zero-order chi connectivity index (χ0) is 15.9. The highest BCUT2D eigenvalue weighted by Crippen LogP contribution is 2.34. The van der Waals surface area contributed by atoms with Gasteiger partial charge >= 0.3 is 12.0 Å². The zero-order valence-electron chi connectivity index (χ0n) is 12.0. The molecule has 0 radical (unpaired) electrons. The molecule has 2 aliphatic rings. The van der Waals surface area contributed by atoms with Gasteiger partial charge in [-0.25, -0.2) is 14.1 Å². The molecule has 0 saturated carbocycles. The molecule has 0 N–H and O–H groups in total. The number of hydrogen-bond donors (Lipinski definition) is 0. The molecule has 0 bridgehead atoms. The van der Waals surface area contributed by atoms with Gasteiger partial charge in [-0.3, -0.25) is 9.59 Å². The number of nitrogens with zero attached hydrogens (tertiary/aromatic N) is 2. The third kappa shape index (κ3) is 2.13. The Hall–Kier alpha value is -2.44. The van der Waals surface area contributed by atoms with Crippen LogP contribution in [0.15, 0.2) is 24.3 Å².